The summed E-state index contributed by atoms with van der Waals surface area (Å²) >= 11 is 0. The molecule has 2 aliphatic rings. The number of amides is 1. The van der Waals surface area contributed by atoms with E-state index < -0.39 is 15.8 Å². The lowest BCUT2D eigenvalue weighted by Crippen LogP contribution is -2.40. The van der Waals surface area contributed by atoms with Gasteiger partial charge in [-0.05, 0) is 55.2 Å². The average Bonchev–Trinajstić information content (AvgIpc) is 2.85. The summed E-state index contributed by atoms with van der Waals surface area (Å²) in [5.41, 5.74) is 1.72. The Balaban J connectivity index is 1.60. The largest absolute Gasteiger partial charge is 0.494 e. The Morgan fingerprint density at radius 2 is 1.79 bits per heavy atom. The number of piperidine rings is 1. The number of hydrogen-bond donors (Lipinski definition) is 1. The van der Waals surface area contributed by atoms with E-state index in [4.69, 9.17) is 9.47 Å². The molecule has 0 spiro atoms. The fraction of sp³-hybridized carbons (Fsp3) is 0.458. The fourth-order valence-corrected chi connectivity index (χ4v) is 5.76. The Labute approximate surface area is 199 Å². The third kappa shape index (κ3) is 5.51. The Morgan fingerprint density at radius 1 is 1.06 bits per heavy atom. The third-order valence-electron chi connectivity index (χ3n) is 6.13. The number of methoxy groups -OCH3 is 1. The summed E-state index contributed by atoms with van der Waals surface area (Å²) in [5.74, 6) is -0.790. The molecule has 2 aromatic carbocycles. The van der Waals surface area contributed by atoms with Crippen LogP contribution in [0.1, 0.15) is 24.8 Å². The number of morpholine rings is 1. The van der Waals surface area contributed by atoms with E-state index in [1.165, 1.54) is 29.6 Å². The van der Waals surface area contributed by atoms with E-state index in [1.54, 1.807) is 18.2 Å². The zero-order valence-corrected chi connectivity index (χ0v) is 20.1. The van der Waals surface area contributed by atoms with Crippen LogP contribution in [-0.2, 0) is 26.0 Å². The van der Waals surface area contributed by atoms with Crippen LogP contribution in [0.5, 0.6) is 5.75 Å². The van der Waals surface area contributed by atoms with Gasteiger partial charge in [-0.15, -0.1) is 0 Å². The molecule has 2 fully saturated rings. The minimum absolute atomic E-state index is 0.0548. The van der Waals surface area contributed by atoms with Gasteiger partial charge in [0.05, 0.1) is 43.0 Å². The van der Waals surface area contributed by atoms with Crippen molar-refractivity contribution in [1.29, 1.82) is 0 Å². The maximum Gasteiger partial charge on any atom is 0.243 e. The molecule has 2 aromatic rings. The second kappa shape index (κ2) is 10.7. The lowest BCUT2D eigenvalue weighted by atomic mass is 10.1. The van der Waals surface area contributed by atoms with E-state index in [9.17, 15) is 17.6 Å². The van der Waals surface area contributed by atoms with Crippen molar-refractivity contribution in [3.63, 3.8) is 0 Å². The molecule has 2 saturated heterocycles. The molecular formula is C24H30FN3O5S. The van der Waals surface area contributed by atoms with Crippen LogP contribution in [0, 0.1) is 5.82 Å². The first-order chi connectivity index (χ1) is 16.4. The van der Waals surface area contributed by atoms with Gasteiger partial charge in [0.25, 0.3) is 0 Å². The van der Waals surface area contributed by atoms with Crippen LogP contribution in [0.25, 0.3) is 0 Å². The topological polar surface area (TPSA) is 88.2 Å². The molecular weight excluding hydrogens is 461 g/mol. The molecule has 8 nitrogen and oxygen atoms in total. The van der Waals surface area contributed by atoms with Crippen molar-refractivity contribution in [3.8, 4) is 5.75 Å². The van der Waals surface area contributed by atoms with Crippen molar-refractivity contribution in [3.05, 3.63) is 47.8 Å². The zero-order chi connectivity index (χ0) is 24.1. The van der Waals surface area contributed by atoms with Crippen molar-refractivity contribution < 1.29 is 27.1 Å². The molecule has 0 unspecified atom stereocenters. The number of nitrogens with zero attached hydrogens (tertiary/aromatic N) is 2. The molecule has 184 valence electrons. The van der Waals surface area contributed by atoms with Gasteiger partial charge in [0.15, 0.2) is 11.6 Å². The van der Waals surface area contributed by atoms with Crippen LogP contribution in [0.3, 0.4) is 0 Å². The number of carbonyl (C=O) groups excluding carboxylic acids is 1. The van der Waals surface area contributed by atoms with Crippen LogP contribution < -0.4 is 15.0 Å². The number of ether oxygens (including phenoxy) is 2. The van der Waals surface area contributed by atoms with E-state index in [-0.39, 0.29) is 23.0 Å². The number of halogens is 1. The normalized spacial score (nSPS) is 17.4. The second-order valence-corrected chi connectivity index (χ2v) is 10.4. The third-order valence-corrected chi connectivity index (χ3v) is 8.02. The van der Waals surface area contributed by atoms with Crippen LogP contribution in [-0.4, -0.2) is 65.1 Å². The molecule has 2 heterocycles. The number of hydrogen-bond acceptors (Lipinski definition) is 6. The number of anilines is 2. The van der Waals surface area contributed by atoms with Gasteiger partial charge in [0, 0.05) is 26.2 Å². The molecule has 1 N–H and O–H groups in total. The van der Waals surface area contributed by atoms with Gasteiger partial charge in [-0.25, -0.2) is 12.8 Å². The molecule has 0 aromatic heterocycles. The summed E-state index contributed by atoms with van der Waals surface area (Å²) in [6.45, 7) is 2.96. The number of rotatable bonds is 7. The SMILES string of the molecule is COc1ccc(CC(=O)Nc2cc(S(=O)(=O)N3CCOCC3)ccc2N2CCCCC2)cc1F. The summed E-state index contributed by atoms with van der Waals surface area (Å²) in [4.78, 5) is 15.2. The number of carbonyl (C=O) groups is 1. The first-order valence-electron chi connectivity index (χ1n) is 11.5. The molecule has 0 radical (unpaired) electrons. The van der Waals surface area contributed by atoms with E-state index in [0.717, 1.165) is 38.0 Å². The summed E-state index contributed by atoms with van der Waals surface area (Å²) < 4.78 is 52.0. The van der Waals surface area contributed by atoms with Gasteiger partial charge < -0.3 is 19.7 Å². The Bertz CT molecular complexity index is 1130. The van der Waals surface area contributed by atoms with Crippen molar-refractivity contribution in [1.82, 2.24) is 4.31 Å². The van der Waals surface area contributed by atoms with E-state index in [2.05, 4.69) is 10.2 Å². The lowest BCUT2D eigenvalue weighted by molar-refractivity contribution is -0.115. The molecule has 0 aliphatic carbocycles. The minimum Gasteiger partial charge on any atom is -0.494 e. The summed E-state index contributed by atoms with van der Waals surface area (Å²) in [6, 6.07) is 9.27. The molecule has 2 aliphatic heterocycles. The number of sulfonamides is 1. The number of benzene rings is 2. The minimum atomic E-state index is -3.72. The monoisotopic (exact) mass is 491 g/mol. The summed E-state index contributed by atoms with van der Waals surface area (Å²) in [5, 5.41) is 2.88. The zero-order valence-electron chi connectivity index (χ0n) is 19.3. The predicted molar refractivity (Wildman–Crippen MR) is 127 cm³/mol. The molecule has 10 heteroatoms. The summed E-state index contributed by atoms with van der Waals surface area (Å²) in [7, 11) is -2.34. The van der Waals surface area contributed by atoms with Gasteiger partial charge >= 0.3 is 0 Å². The number of nitrogens with one attached hydrogen (secondary N) is 1. The molecule has 0 atom stereocenters. The molecule has 0 bridgehead atoms. The van der Waals surface area contributed by atoms with Gasteiger partial charge in [0.1, 0.15) is 0 Å². The predicted octanol–water partition coefficient (Wildman–Crippen LogP) is 3.03. The first kappa shape index (κ1) is 24.4. The maximum atomic E-state index is 14.1. The van der Waals surface area contributed by atoms with Crippen molar-refractivity contribution in [2.75, 3.05) is 56.7 Å². The van der Waals surface area contributed by atoms with Crippen molar-refractivity contribution >= 4 is 27.3 Å². The van der Waals surface area contributed by atoms with Gasteiger partial charge in [-0.3, -0.25) is 4.79 Å². The first-order valence-corrected chi connectivity index (χ1v) is 12.9. The van der Waals surface area contributed by atoms with E-state index >= 15 is 0 Å². The summed E-state index contributed by atoms with van der Waals surface area (Å²) in [6.07, 6.45) is 3.16. The Kier molecular flexibility index (Phi) is 7.70. The standard InChI is InChI=1S/C24H30FN3O5S/c1-32-23-8-5-18(15-20(23)25)16-24(29)26-21-17-19(34(30,31)28-11-13-33-14-12-28)6-7-22(21)27-9-3-2-4-10-27/h5-8,15,17H,2-4,9-14,16H2,1H3,(H,26,29). The quantitative estimate of drug-likeness (QED) is 0.641. The molecule has 4 rings (SSSR count). The highest BCUT2D eigenvalue weighted by Crippen LogP contribution is 2.32. The van der Waals surface area contributed by atoms with Gasteiger partial charge in [-0.2, -0.15) is 4.31 Å². The van der Waals surface area contributed by atoms with E-state index in [0.29, 0.717) is 37.6 Å². The Hall–Kier alpha value is -2.69. The van der Waals surface area contributed by atoms with Crippen molar-refractivity contribution in [2.45, 2.75) is 30.6 Å². The lowest BCUT2D eigenvalue weighted by Gasteiger charge is -2.31. The van der Waals surface area contributed by atoms with Crippen LogP contribution in [0.2, 0.25) is 0 Å². The van der Waals surface area contributed by atoms with Crippen LogP contribution in [0.4, 0.5) is 15.8 Å². The Morgan fingerprint density at radius 3 is 2.47 bits per heavy atom. The molecule has 0 saturated carbocycles. The van der Waals surface area contributed by atoms with E-state index in [1.807, 2.05) is 0 Å². The maximum absolute atomic E-state index is 14.1. The smallest absolute Gasteiger partial charge is 0.243 e. The molecule has 34 heavy (non-hydrogen) atoms. The highest BCUT2D eigenvalue weighted by molar-refractivity contribution is 7.89. The van der Waals surface area contributed by atoms with Crippen LogP contribution in [0.15, 0.2) is 41.3 Å². The van der Waals surface area contributed by atoms with Gasteiger partial charge in [0.2, 0.25) is 15.9 Å². The fourth-order valence-electron chi connectivity index (χ4n) is 4.32. The highest BCUT2D eigenvalue weighted by Gasteiger charge is 2.28. The average molecular weight is 492 g/mol. The van der Waals surface area contributed by atoms with Crippen LogP contribution >= 0.6 is 0 Å². The van der Waals surface area contributed by atoms with Gasteiger partial charge in [-0.1, -0.05) is 6.07 Å². The van der Waals surface area contributed by atoms with Crippen molar-refractivity contribution in [2.24, 2.45) is 0 Å². The highest BCUT2D eigenvalue weighted by atomic mass is 32.2. The molecule has 1 amide bonds. The second-order valence-electron chi connectivity index (χ2n) is 8.44.